The number of hydrogen-bond acceptors (Lipinski definition) is 11. The molecule has 1 aromatic heterocycles. The average Bonchev–Trinajstić information content (AvgIpc) is 3.26. The molecule has 4 rings (SSSR count). The molecule has 0 saturated carbocycles. The van der Waals surface area contributed by atoms with Crippen LogP contribution in [0.4, 0.5) is 4.39 Å². The van der Waals surface area contributed by atoms with Crippen LogP contribution in [0.1, 0.15) is 45.0 Å². The van der Waals surface area contributed by atoms with Crippen LogP contribution in [0.3, 0.4) is 0 Å². The van der Waals surface area contributed by atoms with Gasteiger partial charge in [0.15, 0.2) is 11.9 Å². The third kappa shape index (κ3) is 8.99. The molecule has 48 heavy (non-hydrogen) atoms. The summed E-state index contributed by atoms with van der Waals surface area (Å²) in [5.41, 5.74) is -2.60. The number of aromatic amines is 1. The van der Waals surface area contributed by atoms with Gasteiger partial charge in [-0.25, -0.2) is 13.8 Å². The van der Waals surface area contributed by atoms with Crippen molar-refractivity contribution in [3.8, 4) is 17.2 Å². The molecule has 0 bridgehead atoms. The van der Waals surface area contributed by atoms with Crippen molar-refractivity contribution in [3.63, 3.8) is 0 Å². The Labute approximate surface area is 276 Å². The minimum Gasteiger partial charge on any atom is -0.497 e. The second-order valence-electron chi connectivity index (χ2n) is 11.4. The highest BCUT2D eigenvalue weighted by atomic mass is 31.2. The maximum atomic E-state index is 15.7. The van der Waals surface area contributed by atoms with E-state index in [1.165, 1.54) is 19.1 Å². The van der Waals surface area contributed by atoms with Crippen LogP contribution in [0.25, 0.3) is 12.2 Å². The predicted molar refractivity (Wildman–Crippen MR) is 174 cm³/mol. The lowest BCUT2D eigenvalue weighted by Gasteiger charge is -2.25. The molecular weight excluding hydrogens is 652 g/mol. The van der Waals surface area contributed by atoms with Crippen LogP contribution < -0.4 is 30.3 Å². The number of carbonyl (C=O) groups is 1. The second-order valence-corrected chi connectivity index (χ2v) is 13.1. The molecule has 2 aromatic carbocycles. The Balaban J connectivity index is 1.53. The monoisotopic (exact) mass is 691 g/mol. The quantitative estimate of drug-likeness (QED) is 0.127. The fraction of sp³-hybridized carbons (Fsp3) is 0.406. The summed E-state index contributed by atoms with van der Waals surface area (Å²) in [5, 5.41) is 13.3. The fourth-order valence-electron chi connectivity index (χ4n) is 4.74. The first kappa shape index (κ1) is 36.6. The van der Waals surface area contributed by atoms with Gasteiger partial charge in [-0.1, -0.05) is 24.3 Å². The smallest absolute Gasteiger partial charge is 0.459 e. The Morgan fingerprint density at radius 1 is 1.06 bits per heavy atom. The highest BCUT2D eigenvalue weighted by Gasteiger charge is 2.56. The third-order valence-electron chi connectivity index (χ3n) is 7.23. The first-order chi connectivity index (χ1) is 22.6. The van der Waals surface area contributed by atoms with Gasteiger partial charge >= 0.3 is 19.4 Å². The van der Waals surface area contributed by atoms with Crippen molar-refractivity contribution in [2.75, 3.05) is 20.8 Å². The zero-order valence-corrected chi connectivity index (χ0v) is 28.1. The SMILES string of the molecule is COc1cc(/C=C/c2ccc(OP(=O)(N[C@@H](C)C(=O)OC(C)C)OCC3O[C@@H](n4ccc(=O)[nH]c4=O)[C@](C)(F)[C@@H]3O)cc2)cc(OC)c1. The van der Waals surface area contributed by atoms with Crippen molar-refractivity contribution in [1.29, 1.82) is 0 Å². The van der Waals surface area contributed by atoms with Crippen LogP contribution in [-0.4, -0.2) is 71.5 Å². The maximum Gasteiger partial charge on any atom is 0.459 e. The van der Waals surface area contributed by atoms with E-state index >= 15 is 4.39 Å². The summed E-state index contributed by atoms with van der Waals surface area (Å²) >= 11 is 0. The zero-order chi connectivity index (χ0) is 35.2. The van der Waals surface area contributed by atoms with Gasteiger partial charge in [0.1, 0.15) is 35.5 Å². The molecule has 3 N–H and O–H groups in total. The molecule has 0 spiro atoms. The van der Waals surface area contributed by atoms with Crippen LogP contribution in [0, 0.1) is 0 Å². The highest BCUT2D eigenvalue weighted by Crippen LogP contribution is 2.47. The lowest BCUT2D eigenvalue weighted by molar-refractivity contribution is -0.149. The molecule has 0 aliphatic carbocycles. The van der Waals surface area contributed by atoms with Crippen LogP contribution in [0.5, 0.6) is 17.2 Å². The van der Waals surface area contributed by atoms with Crippen molar-refractivity contribution < 1.29 is 46.9 Å². The molecule has 14 nitrogen and oxygen atoms in total. The molecular formula is C32H39FN3O11P. The highest BCUT2D eigenvalue weighted by molar-refractivity contribution is 7.52. The van der Waals surface area contributed by atoms with Crippen LogP contribution >= 0.6 is 7.75 Å². The summed E-state index contributed by atoms with van der Waals surface area (Å²) in [6, 6.07) is 11.7. The van der Waals surface area contributed by atoms with Gasteiger partial charge in [-0.15, -0.1) is 0 Å². The summed E-state index contributed by atoms with van der Waals surface area (Å²) in [6.45, 7) is 5.02. The summed E-state index contributed by atoms with van der Waals surface area (Å²) in [5.74, 6) is 0.606. The molecule has 1 saturated heterocycles. The van der Waals surface area contributed by atoms with E-state index in [-0.39, 0.29) is 5.75 Å². The molecule has 0 amide bonds. The van der Waals surface area contributed by atoms with Gasteiger partial charge in [-0.2, -0.15) is 5.09 Å². The number of carbonyl (C=O) groups excluding carboxylic acids is 1. The van der Waals surface area contributed by atoms with E-state index in [0.29, 0.717) is 11.5 Å². The van der Waals surface area contributed by atoms with Gasteiger partial charge in [0, 0.05) is 18.3 Å². The van der Waals surface area contributed by atoms with Crippen molar-refractivity contribution >= 4 is 25.9 Å². The summed E-state index contributed by atoms with van der Waals surface area (Å²) in [6.07, 6.45) is -0.705. The van der Waals surface area contributed by atoms with Gasteiger partial charge < -0.3 is 28.6 Å². The number of nitrogens with one attached hydrogen (secondary N) is 2. The molecule has 3 aromatic rings. The lowest BCUT2D eigenvalue weighted by Crippen LogP contribution is -2.43. The number of H-pyrrole nitrogens is 1. The minimum atomic E-state index is -4.45. The van der Waals surface area contributed by atoms with E-state index in [9.17, 15) is 24.1 Å². The lowest BCUT2D eigenvalue weighted by atomic mass is 9.98. The molecule has 6 atom stereocenters. The van der Waals surface area contributed by atoms with E-state index in [0.717, 1.165) is 34.9 Å². The Morgan fingerprint density at radius 3 is 2.27 bits per heavy atom. The number of nitrogens with zero attached hydrogens (tertiary/aromatic N) is 1. The Kier molecular flexibility index (Phi) is 11.7. The number of halogens is 1. The predicted octanol–water partition coefficient (Wildman–Crippen LogP) is 3.84. The second kappa shape index (κ2) is 15.3. The van der Waals surface area contributed by atoms with Crippen molar-refractivity contribution in [1.82, 2.24) is 14.6 Å². The molecule has 2 unspecified atom stereocenters. The standard InChI is InChI=1S/C32H39FN3O11P/c1-19(2)45-29(39)20(3)35-48(41,44-18-26-28(38)32(4,33)30(46-26)36-14-13-27(37)34-31(36)40)47-23-11-9-21(10-12-23)7-8-22-15-24(42-5)17-25(16-22)43-6/h7-17,19-20,26,28,30,38H,18H2,1-6H3,(H,35,41)(H,34,37,40)/b8-7+/t20-,26?,28+,30+,32+,48?/m0/s1. The van der Waals surface area contributed by atoms with Gasteiger partial charge in [-0.05, 0) is 63.1 Å². The average molecular weight is 692 g/mol. The molecule has 2 heterocycles. The van der Waals surface area contributed by atoms with E-state index < -0.39 is 67.8 Å². The van der Waals surface area contributed by atoms with E-state index in [1.54, 1.807) is 46.3 Å². The summed E-state index contributed by atoms with van der Waals surface area (Å²) < 4.78 is 63.3. The largest absolute Gasteiger partial charge is 0.497 e. The minimum absolute atomic E-state index is 0.0938. The molecule has 1 fully saturated rings. The van der Waals surface area contributed by atoms with Gasteiger partial charge in [0.2, 0.25) is 0 Å². The van der Waals surface area contributed by atoms with Crippen LogP contribution in [-0.2, 0) is 23.4 Å². The molecule has 0 radical (unpaired) electrons. The number of rotatable bonds is 14. The topological polar surface area (TPSA) is 177 Å². The molecule has 1 aliphatic heterocycles. The van der Waals surface area contributed by atoms with Gasteiger partial charge in [0.05, 0.1) is 26.9 Å². The van der Waals surface area contributed by atoms with E-state index in [4.69, 9.17) is 28.0 Å². The zero-order valence-electron chi connectivity index (χ0n) is 27.2. The fourth-order valence-corrected chi connectivity index (χ4v) is 6.25. The van der Waals surface area contributed by atoms with E-state index in [2.05, 4.69) is 5.09 Å². The number of ether oxygens (including phenoxy) is 4. The summed E-state index contributed by atoms with van der Waals surface area (Å²) in [7, 11) is -1.33. The number of aliphatic hydroxyl groups excluding tert-OH is 1. The Bertz CT molecular complexity index is 1750. The number of benzene rings is 2. The number of alkyl halides is 1. The van der Waals surface area contributed by atoms with Crippen molar-refractivity contribution in [2.45, 2.75) is 63.9 Å². The number of aliphatic hydroxyl groups is 1. The van der Waals surface area contributed by atoms with Crippen LogP contribution in [0.2, 0.25) is 0 Å². The molecule has 1 aliphatic rings. The summed E-state index contributed by atoms with van der Waals surface area (Å²) in [4.78, 5) is 38.3. The van der Waals surface area contributed by atoms with E-state index in [1.807, 2.05) is 29.3 Å². The van der Waals surface area contributed by atoms with Crippen LogP contribution in [0.15, 0.2) is 64.3 Å². The third-order valence-corrected chi connectivity index (χ3v) is 8.88. The Hall–Kier alpha value is -4.27. The molecule has 16 heteroatoms. The first-order valence-corrected chi connectivity index (χ1v) is 16.5. The number of aromatic nitrogens is 2. The van der Waals surface area contributed by atoms with Crippen molar-refractivity contribution in [3.05, 3.63) is 86.7 Å². The van der Waals surface area contributed by atoms with Crippen molar-refractivity contribution in [2.24, 2.45) is 0 Å². The molecule has 260 valence electrons. The first-order valence-electron chi connectivity index (χ1n) is 14.9. The normalized spacial score (nSPS) is 22.7. The van der Waals surface area contributed by atoms with Gasteiger partial charge in [-0.3, -0.25) is 23.7 Å². The maximum absolute atomic E-state index is 15.7. The number of esters is 1. The number of hydrogen-bond donors (Lipinski definition) is 3. The van der Waals surface area contributed by atoms with Gasteiger partial charge in [0.25, 0.3) is 5.56 Å². The Morgan fingerprint density at radius 2 is 1.69 bits per heavy atom. The number of methoxy groups -OCH3 is 2.